The third-order valence-electron chi connectivity index (χ3n) is 4.86. The summed E-state index contributed by atoms with van der Waals surface area (Å²) in [7, 11) is 0. The molecule has 1 N–H and O–H groups in total. The SMILES string of the molecule is Cl.O=[N+]([O-])c1c(Br)c(Br)cc2c1nc(N1CCNCC1)n2C1CCC1. The van der Waals surface area contributed by atoms with Gasteiger partial charge in [0.25, 0.3) is 0 Å². The molecule has 1 saturated carbocycles. The first-order chi connectivity index (χ1) is 11.6. The minimum atomic E-state index is -0.350. The van der Waals surface area contributed by atoms with E-state index in [1.54, 1.807) is 0 Å². The molecule has 1 aromatic heterocycles. The van der Waals surface area contributed by atoms with Crippen LogP contribution < -0.4 is 10.2 Å². The highest BCUT2D eigenvalue weighted by atomic mass is 79.9. The molecule has 2 aromatic rings. The number of piperazine rings is 1. The number of halogens is 3. The van der Waals surface area contributed by atoms with E-state index in [1.165, 1.54) is 6.42 Å². The summed E-state index contributed by atoms with van der Waals surface area (Å²) in [5.41, 5.74) is 1.35. The van der Waals surface area contributed by atoms with Crippen LogP contribution in [0.25, 0.3) is 11.0 Å². The minimum Gasteiger partial charge on any atom is -0.340 e. The molecule has 4 rings (SSSR count). The van der Waals surface area contributed by atoms with E-state index in [-0.39, 0.29) is 23.0 Å². The molecule has 1 aliphatic carbocycles. The van der Waals surface area contributed by atoms with Gasteiger partial charge in [0.1, 0.15) is 4.47 Å². The average Bonchev–Trinajstić information content (AvgIpc) is 2.86. The van der Waals surface area contributed by atoms with Crippen molar-refractivity contribution in [1.29, 1.82) is 0 Å². The molecule has 0 radical (unpaired) electrons. The van der Waals surface area contributed by atoms with Crippen molar-refractivity contribution in [2.75, 3.05) is 31.1 Å². The van der Waals surface area contributed by atoms with Crippen molar-refractivity contribution in [3.63, 3.8) is 0 Å². The first-order valence-corrected chi connectivity index (χ1v) is 9.66. The first-order valence-electron chi connectivity index (χ1n) is 8.08. The van der Waals surface area contributed by atoms with E-state index in [0.717, 1.165) is 50.5 Å². The standard InChI is InChI=1S/C15H17Br2N5O2.ClH/c16-10-8-11-13(14(12(10)17)22(23)24)19-15(20-6-4-18-5-7-20)21(11)9-2-1-3-9;/h8-9,18H,1-7H2;1H. The predicted molar refractivity (Wildman–Crippen MR) is 107 cm³/mol. The topological polar surface area (TPSA) is 76.2 Å². The summed E-state index contributed by atoms with van der Waals surface area (Å²) in [4.78, 5) is 18.2. The van der Waals surface area contributed by atoms with Crippen LogP contribution in [0.2, 0.25) is 0 Å². The van der Waals surface area contributed by atoms with Crippen LogP contribution in [0.4, 0.5) is 11.6 Å². The van der Waals surface area contributed by atoms with E-state index >= 15 is 0 Å². The second kappa shape index (κ2) is 7.38. The van der Waals surface area contributed by atoms with Crippen LogP contribution in [0.1, 0.15) is 25.3 Å². The van der Waals surface area contributed by atoms with Gasteiger partial charge in [-0.2, -0.15) is 0 Å². The molecule has 2 heterocycles. The third kappa shape index (κ3) is 3.15. The second-order valence-electron chi connectivity index (χ2n) is 6.25. The smallest absolute Gasteiger partial charge is 0.312 e. The van der Waals surface area contributed by atoms with Gasteiger partial charge in [0.15, 0.2) is 5.52 Å². The third-order valence-corrected chi connectivity index (χ3v) is 6.82. The summed E-state index contributed by atoms with van der Waals surface area (Å²) in [6.45, 7) is 3.55. The molecule has 0 spiro atoms. The highest BCUT2D eigenvalue weighted by Crippen LogP contribution is 2.44. The lowest BCUT2D eigenvalue weighted by atomic mass is 9.92. The number of imidazole rings is 1. The fraction of sp³-hybridized carbons (Fsp3) is 0.533. The van der Waals surface area contributed by atoms with Gasteiger partial charge < -0.3 is 14.8 Å². The first kappa shape index (κ1) is 18.9. The Labute approximate surface area is 168 Å². The summed E-state index contributed by atoms with van der Waals surface area (Å²) in [5.74, 6) is 0.865. The van der Waals surface area contributed by atoms with Gasteiger partial charge in [-0.05, 0) is 57.2 Å². The normalized spacial score (nSPS) is 18.1. The largest absolute Gasteiger partial charge is 0.340 e. The number of fused-ring (bicyclic) bond motifs is 1. The van der Waals surface area contributed by atoms with Gasteiger partial charge >= 0.3 is 5.69 Å². The van der Waals surface area contributed by atoms with Crippen molar-refractivity contribution >= 4 is 66.9 Å². The highest BCUT2D eigenvalue weighted by molar-refractivity contribution is 9.13. The molecule has 0 amide bonds. The van der Waals surface area contributed by atoms with Gasteiger partial charge in [0, 0.05) is 36.7 Å². The van der Waals surface area contributed by atoms with Crippen molar-refractivity contribution in [3.05, 3.63) is 25.1 Å². The number of benzene rings is 1. The Hall–Kier alpha value is -0.900. The highest BCUT2D eigenvalue weighted by Gasteiger charge is 2.32. The summed E-state index contributed by atoms with van der Waals surface area (Å²) in [5, 5.41) is 15.0. The molecule has 10 heteroatoms. The van der Waals surface area contributed by atoms with Crippen LogP contribution in [0.15, 0.2) is 15.0 Å². The number of hydrogen-bond donors (Lipinski definition) is 1. The maximum atomic E-state index is 11.6. The number of anilines is 1. The van der Waals surface area contributed by atoms with Gasteiger partial charge in [-0.3, -0.25) is 10.1 Å². The molecule has 0 unspecified atom stereocenters. The van der Waals surface area contributed by atoms with Crippen LogP contribution in [-0.4, -0.2) is 40.7 Å². The molecule has 1 saturated heterocycles. The Morgan fingerprint density at radius 3 is 2.52 bits per heavy atom. The molecular weight excluding hydrogens is 477 g/mol. The molecule has 0 atom stereocenters. The van der Waals surface area contributed by atoms with Crippen molar-refractivity contribution in [3.8, 4) is 0 Å². The van der Waals surface area contributed by atoms with Crippen molar-refractivity contribution in [2.45, 2.75) is 25.3 Å². The lowest BCUT2D eigenvalue weighted by Gasteiger charge is -2.34. The lowest BCUT2D eigenvalue weighted by molar-refractivity contribution is -0.384. The zero-order valence-electron chi connectivity index (χ0n) is 13.4. The Morgan fingerprint density at radius 1 is 1.28 bits per heavy atom. The number of nitrogens with one attached hydrogen (secondary N) is 1. The number of aromatic nitrogens is 2. The van der Waals surface area contributed by atoms with Crippen LogP contribution >= 0.6 is 44.3 Å². The molecule has 0 bridgehead atoms. The Morgan fingerprint density at radius 2 is 1.96 bits per heavy atom. The number of rotatable bonds is 3. The maximum Gasteiger partial charge on any atom is 0.312 e. The second-order valence-corrected chi connectivity index (χ2v) is 7.90. The average molecular weight is 496 g/mol. The number of nitro benzene ring substituents is 1. The Balaban J connectivity index is 0.00000182. The molecule has 25 heavy (non-hydrogen) atoms. The fourth-order valence-electron chi connectivity index (χ4n) is 3.41. The summed E-state index contributed by atoms with van der Waals surface area (Å²) in [6.07, 6.45) is 3.41. The van der Waals surface area contributed by atoms with Gasteiger partial charge in [-0.25, -0.2) is 4.98 Å². The van der Waals surface area contributed by atoms with Gasteiger partial charge in [-0.15, -0.1) is 12.4 Å². The van der Waals surface area contributed by atoms with E-state index in [2.05, 4.69) is 46.6 Å². The van der Waals surface area contributed by atoms with E-state index in [0.29, 0.717) is 20.5 Å². The van der Waals surface area contributed by atoms with E-state index in [1.807, 2.05) is 6.07 Å². The van der Waals surface area contributed by atoms with Crippen LogP contribution in [0.5, 0.6) is 0 Å². The van der Waals surface area contributed by atoms with Crippen molar-refractivity contribution in [1.82, 2.24) is 14.9 Å². The molecule has 7 nitrogen and oxygen atoms in total. The zero-order valence-corrected chi connectivity index (χ0v) is 17.4. The van der Waals surface area contributed by atoms with E-state index in [9.17, 15) is 10.1 Å². The lowest BCUT2D eigenvalue weighted by Crippen LogP contribution is -2.45. The molecule has 1 aromatic carbocycles. The molecule has 2 aliphatic rings. The zero-order chi connectivity index (χ0) is 16.8. The van der Waals surface area contributed by atoms with Crippen molar-refractivity contribution in [2.24, 2.45) is 0 Å². The number of nitrogens with zero attached hydrogens (tertiary/aromatic N) is 4. The fourth-order valence-corrected chi connectivity index (χ4v) is 4.26. The van der Waals surface area contributed by atoms with Crippen LogP contribution in [0.3, 0.4) is 0 Å². The van der Waals surface area contributed by atoms with Crippen molar-refractivity contribution < 1.29 is 4.92 Å². The van der Waals surface area contributed by atoms with E-state index < -0.39 is 0 Å². The number of hydrogen-bond acceptors (Lipinski definition) is 5. The quantitative estimate of drug-likeness (QED) is 0.514. The minimum absolute atomic E-state index is 0. The molecule has 2 fully saturated rings. The molecular formula is C15H18Br2ClN5O2. The van der Waals surface area contributed by atoms with Gasteiger partial charge in [0.05, 0.1) is 10.4 Å². The predicted octanol–water partition coefficient (Wildman–Crippen LogP) is 4.03. The van der Waals surface area contributed by atoms with Crippen LogP contribution in [-0.2, 0) is 0 Å². The summed E-state index contributed by atoms with van der Waals surface area (Å²) >= 11 is 6.79. The Kier molecular flexibility index (Phi) is 5.57. The van der Waals surface area contributed by atoms with Gasteiger partial charge in [-0.1, -0.05) is 0 Å². The molecule has 1 aliphatic heterocycles. The summed E-state index contributed by atoms with van der Waals surface area (Å²) < 4.78 is 3.35. The maximum absolute atomic E-state index is 11.6. The monoisotopic (exact) mass is 493 g/mol. The van der Waals surface area contributed by atoms with Crippen LogP contribution in [0, 0.1) is 10.1 Å². The van der Waals surface area contributed by atoms with Gasteiger partial charge in [0.2, 0.25) is 5.95 Å². The van der Waals surface area contributed by atoms with E-state index in [4.69, 9.17) is 4.98 Å². The Bertz CT molecular complexity index is 818. The molecule has 136 valence electrons. The number of nitro groups is 1. The summed E-state index contributed by atoms with van der Waals surface area (Å²) in [6, 6.07) is 2.33.